The van der Waals surface area contributed by atoms with Crippen molar-refractivity contribution in [1.82, 2.24) is 10.2 Å². The van der Waals surface area contributed by atoms with Crippen LogP contribution in [0.15, 0.2) is 39.4 Å². The van der Waals surface area contributed by atoms with E-state index in [2.05, 4.69) is 10.2 Å². The van der Waals surface area contributed by atoms with E-state index in [0.717, 1.165) is 5.56 Å². The van der Waals surface area contributed by atoms with Crippen molar-refractivity contribution < 1.29 is 23.0 Å². The van der Waals surface area contributed by atoms with Crippen LogP contribution in [-0.4, -0.2) is 31.5 Å². The van der Waals surface area contributed by atoms with E-state index in [-0.39, 0.29) is 0 Å². The minimum atomic E-state index is 0.324. The van der Waals surface area contributed by atoms with Crippen molar-refractivity contribution in [2.24, 2.45) is 0 Å². The number of benzene rings is 1. The minimum Gasteiger partial charge on any atom is -0.493 e. The molecule has 0 aliphatic rings. The van der Waals surface area contributed by atoms with Crippen molar-refractivity contribution in [1.29, 1.82) is 0 Å². The summed E-state index contributed by atoms with van der Waals surface area (Å²) in [5.41, 5.74) is 0.835. The second-order valence-corrected chi connectivity index (χ2v) is 4.71. The maximum Gasteiger partial charge on any atom is 0.283 e. The van der Waals surface area contributed by atoms with Crippen molar-refractivity contribution in [3.05, 3.63) is 42.0 Å². The highest BCUT2D eigenvalue weighted by Crippen LogP contribution is 2.38. The molecule has 0 unspecified atom stereocenters. The Labute approximate surface area is 138 Å². The first-order valence-electron chi connectivity index (χ1n) is 7.10. The highest BCUT2D eigenvalue weighted by Gasteiger charge is 2.12. The lowest BCUT2D eigenvalue weighted by molar-refractivity contribution is 0.324. The van der Waals surface area contributed by atoms with E-state index in [1.807, 2.05) is 18.2 Å². The molecule has 7 heteroatoms. The molecule has 0 aliphatic carbocycles. The number of rotatable bonds is 6. The first-order valence-corrected chi connectivity index (χ1v) is 7.10. The van der Waals surface area contributed by atoms with Crippen LogP contribution in [0.25, 0.3) is 23.8 Å². The monoisotopic (exact) mass is 328 g/mol. The molecule has 3 rings (SSSR count). The van der Waals surface area contributed by atoms with Gasteiger partial charge in [-0.25, -0.2) is 0 Å². The second-order valence-electron chi connectivity index (χ2n) is 4.71. The van der Waals surface area contributed by atoms with Crippen molar-refractivity contribution in [2.75, 3.05) is 21.3 Å². The maximum atomic E-state index is 5.52. The van der Waals surface area contributed by atoms with E-state index in [0.29, 0.717) is 34.8 Å². The topological polar surface area (TPSA) is 79.8 Å². The van der Waals surface area contributed by atoms with E-state index < -0.39 is 0 Å². The lowest BCUT2D eigenvalue weighted by Crippen LogP contribution is -1.95. The third-order valence-corrected chi connectivity index (χ3v) is 3.28. The molecule has 0 atom stereocenters. The molecule has 0 bridgehead atoms. The van der Waals surface area contributed by atoms with Gasteiger partial charge >= 0.3 is 0 Å². The minimum absolute atomic E-state index is 0.324. The Bertz CT molecular complexity index is 812. The fourth-order valence-corrected chi connectivity index (χ4v) is 2.17. The van der Waals surface area contributed by atoms with E-state index >= 15 is 0 Å². The van der Waals surface area contributed by atoms with Gasteiger partial charge in [0.15, 0.2) is 17.3 Å². The van der Waals surface area contributed by atoms with Gasteiger partial charge in [-0.1, -0.05) is 0 Å². The first kappa shape index (κ1) is 15.7. The number of hydrogen-bond acceptors (Lipinski definition) is 7. The highest BCUT2D eigenvalue weighted by atomic mass is 16.5. The quantitative estimate of drug-likeness (QED) is 0.685. The molecule has 1 aromatic carbocycles. The normalized spacial score (nSPS) is 11.0. The van der Waals surface area contributed by atoms with Crippen molar-refractivity contribution >= 4 is 12.2 Å². The number of ether oxygens (including phenoxy) is 3. The molecule has 0 N–H and O–H groups in total. The van der Waals surface area contributed by atoms with Gasteiger partial charge in [0, 0.05) is 6.08 Å². The van der Waals surface area contributed by atoms with Crippen molar-refractivity contribution in [3.63, 3.8) is 0 Å². The van der Waals surface area contributed by atoms with Crippen LogP contribution in [0.5, 0.6) is 17.2 Å². The third kappa shape index (κ3) is 3.10. The zero-order chi connectivity index (χ0) is 16.9. The molecule has 0 amide bonds. The molecule has 0 aliphatic heterocycles. The molecule has 0 spiro atoms. The standard InChI is InChI=1S/C17H16N2O5/c1-20-13-9-11(10-14(21-2)16(13)22-3)6-7-15-18-19-17(24-15)12-5-4-8-23-12/h4-10H,1-3H3/b7-6+. The largest absolute Gasteiger partial charge is 0.493 e. The molecule has 0 fully saturated rings. The van der Waals surface area contributed by atoms with E-state index in [1.165, 1.54) is 0 Å². The Kier molecular flexibility index (Phi) is 4.51. The van der Waals surface area contributed by atoms with Gasteiger partial charge in [-0.05, 0) is 35.9 Å². The lowest BCUT2D eigenvalue weighted by Gasteiger charge is -2.12. The summed E-state index contributed by atoms with van der Waals surface area (Å²) in [6.45, 7) is 0. The smallest absolute Gasteiger partial charge is 0.283 e. The first-order chi connectivity index (χ1) is 11.7. The zero-order valence-corrected chi connectivity index (χ0v) is 13.5. The molecule has 0 radical (unpaired) electrons. The Hall–Kier alpha value is -3.22. The molecule has 2 heterocycles. The van der Waals surface area contributed by atoms with E-state index in [4.69, 9.17) is 23.0 Å². The van der Waals surface area contributed by atoms with Crippen LogP contribution in [-0.2, 0) is 0 Å². The molecule has 0 saturated heterocycles. The van der Waals surface area contributed by atoms with Crippen molar-refractivity contribution in [3.8, 4) is 28.9 Å². The van der Waals surface area contributed by atoms with Crippen LogP contribution in [0.2, 0.25) is 0 Å². The number of methoxy groups -OCH3 is 3. The number of aromatic nitrogens is 2. The molecule has 24 heavy (non-hydrogen) atoms. The van der Waals surface area contributed by atoms with Gasteiger partial charge < -0.3 is 23.0 Å². The van der Waals surface area contributed by atoms with Crippen LogP contribution in [0, 0.1) is 0 Å². The average Bonchev–Trinajstić information content (AvgIpc) is 3.29. The van der Waals surface area contributed by atoms with Crippen LogP contribution in [0.1, 0.15) is 11.5 Å². The summed E-state index contributed by atoms with van der Waals surface area (Å²) in [4.78, 5) is 0. The number of nitrogens with zero attached hydrogens (tertiary/aromatic N) is 2. The summed E-state index contributed by atoms with van der Waals surface area (Å²) in [6, 6.07) is 7.15. The van der Waals surface area contributed by atoms with Gasteiger partial charge in [0.2, 0.25) is 11.6 Å². The average molecular weight is 328 g/mol. The Morgan fingerprint density at radius 1 is 0.958 bits per heavy atom. The highest BCUT2D eigenvalue weighted by molar-refractivity contribution is 5.70. The summed E-state index contributed by atoms with van der Waals surface area (Å²) in [5, 5.41) is 7.89. The summed E-state index contributed by atoms with van der Waals surface area (Å²) in [7, 11) is 4.70. The van der Waals surface area contributed by atoms with Gasteiger partial charge in [-0.2, -0.15) is 0 Å². The van der Waals surface area contributed by atoms with Crippen molar-refractivity contribution in [2.45, 2.75) is 0 Å². The molecule has 7 nitrogen and oxygen atoms in total. The van der Waals surface area contributed by atoms with Gasteiger partial charge in [-0.15, -0.1) is 10.2 Å². The van der Waals surface area contributed by atoms with Crippen LogP contribution in [0.3, 0.4) is 0 Å². The summed E-state index contributed by atoms with van der Waals surface area (Å²) in [6.07, 6.45) is 5.05. The number of furan rings is 1. The summed E-state index contributed by atoms with van der Waals surface area (Å²) < 4.78 is 26.7. The zero-order valence-electron chi connectivity index (χ0n) is 13.5. The molecule has 2 aromatic heterocycles. The summed E-state index contributed by atoms with van der Waals surface area (Å²) in [5.74, 6) is 2.88. The predicted molar refractivity (Wildman–Crippen MR) is 87.0 cm³/mol. The maximum absolute atomic E-state index is 5.52. The van der Waals surface area contributed by atoms with Gasteiger partial charge in [0.1, 0.15) is 0 Å². The predicted octanol–water partition coefficient (Wildman–Crippen LogP) is 3.53. The Morgan fingerprint density at radius 2 is 1.71 bits per heavy atom. The van der Waals surface area contributed by atoms with Gasteiger partial charge in [0.25, 0.3) is 5.89 Å². The van der Waals surface area contributed by atoms with E-state index in [1.54, 1.807) is 45.8 Å². The van der Waals surface area contributed by atoms with Gasteiger partial charge in [0.05, 0.1) is 27.6 Å². The molecule has 0 saturated carbocycles. The van der Waals surface area contributed by atoms with E-state index in [9.17, 15) is 0 Å². The molecule has 3 aromatic rings. The van der Waals surface area contributed by atoms with Crippen LogP contribution in [0.4, 0.5) is 0 Å². The summed E-state index contributed by atoms with van der Waals surface area (Å²) >= 11 is 0. The lowest BCUT2D eigenvalue weighted by atomic mass is 10.1. The van der Waals surface area contributed by atoms with Crippen LogP contribution < -0.4 is 14.2 Å². The SMILES string of the molecule is COc1cc(/C=C/c2nnc(-c3ccco3)o2)cc(OC)c1OC. The molecular formula is C17H16N2O5. The Balaban J connectivity index is 1.86. The van der Waals surface area contributed by atoms with Gasteiger partial charge in [-0.3, -0.25) is 0 Å². The second kappa shape index (κ2) is 6.91. The third-order valence-electron chi connectivity index (χ3n) is 3.28. The van der Waals surface area contributed by atoms with Crippen LogP contribution >= 0.6 is 0 Å². The number of hydrogen-bond donors (Lipinski definition) is 0. The Morgan fingerprint density at radius 3 is 2.29 bits per heavy atom. The molecule has 124 valence electrons. The fraction of sp³-hybridized carbons (Fsp3) is 0.176. The fourth-order valence-electron chi connectivity index (χ4n) is 2.17. The molecular weight excluding hydrogens is 312 g/mol.